The number of carbonyl (C=O) groups is 1. The van der Waals surface area contributed by atoms with E-state index in [0.717, 1.165) is 11.1 Å². The van der Waals surface area contributed by atoms with Gasteiger partial charge in [-0.15, -0.1) is 0 Å². The fourth-order valence-corrected chi connectivity index (χ4v) is 2.78. The average Bonchev–Trinajstić information content (AvgIpc) is 2.69. The van der Waals surface area contributed by atoms with Gasteiger partial charge in [0.1, 0.15) is 12.2 Å². The molecule has 0 fully saturated rings. The maximum atomic E-state index is 12.9. The maximum Gasteiger partial charge on any atom is 0.309 e. The summed E-state index contributed by atoms with van der Waals surface area (Å²) in [6.07, 6.45) is -0.864. The van der Waals surface area contributed by atoms with Crippen LogP contribution in [0.3, 0.4) is 0 Å². The highest BCUT2D eigenvalue weighted by Gasteiger charge is 2.28. The first-order valence-electron chi connectivity index (χ1n) is 9.97. The smallest absolute Gasteiger partial charge is 0.309 e. The Morgan fingerprint density at radius 1 is 0.931 bits per heavy atom. The second-order valence-electron chi connectivity index (χ2n) is 8.42. The van der Waals surface area contributed by atoms with Crippen LogP contribution in [0.4, 0.5) is 0 Å². The fourth-order valence-electron chi connectivity index (χ4n) is 2.78. The Morgan fingerprint density at radius 3 is 1.93 bits per heavy atom. The summed E-state index contributed by atoms with van der Waals surface area (Å²) in [6, 6.07) is 19.4. The van der Waals surface area contributed by atoms with Gasteiger partial charge in [0.2, 0.25) is 0 Å². The molecule has 0 radical (unpaired) electrons. The van der Waals surface area contributed by atoms with E-state index in [2.05, 4.69) is 0 Å². The number of rotatable bonds is 9. The molecule has 0 saturated carbocycles. The van der Waals surface area contributed by atoms with Crippen LogP contribution in [-0.4, -0.2) is 36.6 Å². The van der Waals surface area contributed by atoms with Crippen LogP contribution in [-0.2, 0) is 19.3 Å². The van der Waals surface area contributed by atoms with Crippen LogP contribution in [0.1, 0.15) is 57.5 Å². The molecule has 0 aromatic heterocycles. The normalized spacial score (nSPS) is 15.0. The van der Waals surface area contributed by atoms with Crippen molar-refractivity contribution in [1.82, 2.24) is 4.90 Å². The highest BCUT2D eigenvalue weighted by molar-refractivity contribution is 5.70. The second kappa shape index (κ2) is 10.5. The van der Waals surface area contributed by atoms with Crippen LogP contribution in [0.25, 0.3) is 0 Å². The van der Waals surface area contributed by atoms with Crippen LogP contribution in [0.2, 0.25) is 0 Å². The van der Waals surface area contributed by atoms with Crippen LogP contribution >= 0.6 is 0 Å². The minimum absolute atomic E-state index is 0.0169. The van der Waals surface area contributed by atoms with Crippen LogP contribution in [0.5, 0.6) is 0 Å². The van der Waals surface area contributed by atoms with Crippen LogP contribution in [0.15, 0.2) is 60.7 Å². The Hall–Kier alpha value is -2.21. The predicted octanol–water partition coefficient (Wildman–Crippen LogP) is 5.10. The molecular formula is C24H33NO4. The Morgan fingerprint density at radius 2 is 1.45 bits per heavy atom. The number of nitrogens with zero attached hydrogens (tertiary/aromatic N) is 1. The van der Waals surface area contributed by atoms with Gasteiger partial charge in [-0.2, -0.15) is 0 Å². The molecule has 3 atom stereocenters. The van der Waals surface area contributed by atoms with Gasteiger partial charge in [-0.25, -0.2) is 9.78 Å². The van der Waals surface area contributed by atoms with Crippen molar-refractivity contribution in [3.8, 4) is 0 Å². The molecule has 5 heteroatoms. The summed E-state index contributed by atoms with van der Waals surface area (Å²) in [7, 11) is 3.95. The van der Waals surface area contributed by atoms with Gasteiger partial charge < -0.3 is 9.64 Å². The monoisotopic (exact) mass is 399 g/mol. The highest BCUT2D eigenvalue weighted by atomic mass is 17.2. The molecule has 0 heterocycles. The zero-order valence-electron chi connectivity index (χ0n) is 18.3. The molecule has 2 aromatic rings. The highest BCUT2D eigenvalue weighted by Crippen LogP contribution is 2.28. The van der Waals surface area contributed by atoms with Crippen molar-refractivity contribution in [2.75, 3.05) is 14.1 Å². The van der Waals surface area contributed by atoms with Crippen molar-refractivity contribution in [3.05, 3.63) is 71.8 Å². The molecule has 0 bridgehead atoms. The summed E-state index contributed by atoms with van der Waals surface area (Å²) >= 11 is 0. The Balaban J connectivity index is 2.15. The van der Waals surface area contributed by atoms with Gasteiger partial charge in [-0.3, -0.25) is 4.79 Å². The zero-order valence-corrected chi connectivity index (χ0v) is 18.3. The number of hydrogen-bond donors (Lipinski definition) is 0. The molecule has 0 aliphatic carbocycles. The van der Waals surface area contributed by atoms with Crippen LogP contribution in [0, 0.1) is 0 Å². The molecule has 0 aliphatic heterocycles. The topological polar surface area (TPSA) is 48.0 Å². The predicted molar refractivity (Wildman–Crippen MR) is 114 cm³/mol. The molecule has 0 aliphatic rings. The fraction of sp³-hybridized carbons (Fsp3) is 0.458. The number of hydrogen-bond acceptors (Lipinski definition) is 5. The number of likely N-dealkylation sites (N-methyl/N-ethyl adjacent to an activating group) is 1. The molecule has 0 amide bonds. The van der Waals surface area contributed by atoms with Crippen molar-refractivity contribution in [3.63, 3.8) is 0 Å². The van der Waals surface area contributed by atoms with Crippen molar-refractivity contribution in [2.45, 2.75) is 58.0 Å². The maximum absolute atomic E-state index is 12.9. The van der Waals surface area contributed by atoms with E-state index in [0.29, 0.717) is 0 Å². The van der Waals surface area contributed by atoms with Gasteiger partial charge in [0.25, 0.3) is 0 Å². The van der Waals surface area contributed by atoms with Gasteiger partial charge in [-0.1, -0.05) is 60.7 Å². The third-order valence-corrected chi connectivity index (χ3v) is 4.58. The van der Waals surface area contributed by atoms with Gasteiger partial charge in [-0.05, 0) is 52.9 Å². The number of benzene rings is 2. The molecular weight excluding hydrogens is 366 g/mol. The van der Waals surface area contributed by atoms with E-state index in [-0.39, 0.29) is 24.5 Å². The molecule has 0 N–H and O–H groups in total. The molecule has 5 nitrogen and oxygen atoms in total. The standard InChI is InChI=1S/C24H33NO4/c1-18(25(5)6)23(20-15-11-8-12-16-20)27-22(26)17-21(28-29-24(2,3)4)19-13-9-7-10-14-19/h7-16,18,21,23H,17H2,1-6H3/t18-,21?,23-/m0/s1. The quantitative estimate of drug-likeness (QED) is 0.334. The number of carbonyl (C=O) groups excluding carboxylic acids is 1. The summed E-state index contributed by atoms with van der Waals surface area (Å²) in [4.78, 5) is 26.1. The first-order valence-corrected chi connectivity index (χ1v) is 9.97. The van der Waals surface area contributed by atoms with E-state index in [9.17, 15) is 4.79 Å². The molecule has 158 valence electrons. The lowest BCUT2D eigenvalue weighted by molar-refractivity contribution is -0.376. The lowest BCUT2D eigenvalue weighted by Crippen LogP contribution is -2.34. The summed E-state index contributed by atoms with van der Waals surface area (Å²) in [5.74, 6) is -0.334. The first-order chi connectivity index (χ1) is 13.7. The minimum atomic E-state index is -0.547. The Bertz CT molecular complexity index is 740. The van der Waals surface area contributed by atoms with Crippen molar-refractivity contribution in [1.29, 1.82) is 0 Å². The number of esters is 1. The second-order valence-corrected chi connectivity index (χ2v) is 8.42. The van der Waals surface area contributed by atoms with E-state index in [1.807, 2.05) is 107 Å². The van der Waals surface area contributed by atoms with Gasteiger partial charge in [0, 0.05) is 6.04 Å². The third-order valence-electron chi connectivity index (χ3n) is 4.58. The molecule has 0 saturated heterocycles. The summed E-state index contributed by atoms with van der Waals surface area (Å²) in [5.41, 5.74) is 1.35. The van der Waals surface area contributed by atoms with E-state index in [1.165, 1.54) is 0 Å². The SMILES string of the molecule is C[C@@H]([C@H](OC(=O)CC(OOC(C)(C)C)c1ccccc1)c1ccccc1)N(C)C. The first kappa shape index (κ1) is 23.1. The van der Waals surface area contributed by atoms with E-state index in [4.69, 9.17) is 14.5 Å². The largest absolute Gasteiger partial charge is 0.456 e. The molecule has 0 spiro atoms. The van der Waals surface area contributed by atoms with Gasteiger partial charge in [0.15, 0.2) is 0 Å². The Labute approximate surface area is 174 Å². The lowest BCUT2D eigenvalue weighted by Gasteiger charge is -2.30. The lowest BCUT2D eigenvalue weighted by atomic mass is 10.0. The van der Waals surface area contributed by atoms with Crippen molar-refractivity contribution >= 4 is 5.97 Å². The van der Waals surface area contributed by atoms with Crippen molar-refractivity contribution in [2.24, 2.45) is 0 Å². The van der Waals surface area contributed by atoms with Crippen molar-refractivity contribution < 1.29 is 19.3 Å². The minimum Gasteiger partial charge on any atom is -0.456 e. The molecule has 2 aromatic carbocycles. The summed E-state index contributed by atoms with van der Waals surface area (Å²) in [6.45, 7) is 7.74. The summed E-state index contributed by atoms with van der Waals surface area (Å²) < 4.78 is 5.93. The Kier molecular flexibility index (Phi) is 8.38. The van der Waals surface area contributed by atoms with Gasteiger partial charge >= 0.3 is 5.97 Å². The zero-order chi connectivity index (χ0) is 21.4. The third kappa shape index (κ3) is 7.61. The summed E-state index contributed by atoms with van der Waals surface area (Å²) in [5, 5.41) is 0. The van der Waals surface area contributed by atoms with Crippen LogP contribution < -0.4 is 0 Å². The van der Waals surface area contributed by atoms with E-state index in [1.54, 1.807) is 0 Å². The molecule has 1 unspecified atom stereocenters. The van der Waals surface area contributed by atoms with Gasteiger partial charge in [0.05, 0.1) is 12.0 Å². The van der Waals surface area contributed by atoms with E-state index >= 15 is 0 Å². The average molecular weight is 400 g/mol. The van der Waals surface area contributed by atoms with E-state index < -0.39 is 11.7 Å². The number of ether oxygens (including phenoxy) is 1. The molecule has 29 heavy (non-hydrogen) atoms. The molecule has 2 rings (SSSR count).